The van der Waals surface area contributed by atoms with Gasteiger partial charge in [0.2, 0.25) is 5.65 Å². The molecule has 0 aliphatic rings. The van der Waals surface area contributed by atoms with Gasteiger partial charge in [-0.25, -0.2) is 9.78 Å². The molecule has 0 saturated carbocycles. The van der Waals surface area contributed by atoms with Gasteiger partial charge in [0.25, 0.3) is 5.88 Å². The van der Waals surface area contributed by atoms with Crippen LogP contribution in [0.15, 0.2) is 23.8 Å². The maximum absolute atomic E-state index is 10.8. The van der Waals surface area contributed by atoms with Crippen molar-refractivity contribution in [3.8, 4) is 11.6 Å². The highest BCUT2D eigenvalue weighted by atomic mass is 32.1. The summed E-state index contributed by atoms with van der Waals surface area (Å²) in [6.07, 6.45) is 3.30. The molecule has 1 N–H and O–H groups in total. The monoisotopic (exact) mass is 276 g/mol. The molecule has 0 spiro atoms. The second-order valence-electron chi connectivity index (χ2n) is 3.73. The average Bonchev–Trinajstić information content (AvgIpc) is 2.98. The minimum absolute atomic E-state index is 0.208. The first-order valence-corrected chi connectivity index (χ1v) is 6.19. The number of hydrogen-bond donors (Lipinski definition) is 1. The Kier molecular flexibility index (Phi) is 2.64. The van der Waals surface area contributed by atoms with E-state index in [1.807, 2.05) is 6.92 Å². The van der Waals surface area contributed by atoms with Gasteiger partial charge in [-0.05, 0) is 6.92 Å². The molecule has 0 aliphatic heterocycles. The Hall–Kier alpha value is -2.48. The van der Waals surface area contributed by atoms with Crippen LogP contribution >= 0.6 is 11.3 Å². The summed E-state index contributed by atoms with van der Waals surface area (Å²) in [6.45, 7) is 1.82. The smallest absolute Gasteiger partial charge is 0.346 e. The number of carboxylic acid groups (broad SMARTS) is 1. The number of aromatic carboxylic acids is 1. The Morgan fingerprint density at radius 3 is 3.05 bits per heavy atom. The van der Waals surface area contributed by atoms with Crippen molar-refractivity contribution in [1.29, 1.82) is 0 Å². The molecule has 3 heterocycles. The topological polar surface area (TPSA) is 89.6 Å². The van der Waals surface area contributed by atoms with Crippen LogP contribution in [0.2, 0.25) is 0 Å². The molecule has 8 heteroatoms. The van der Waals surface area contributed by atoms with Gasteiger partial charge in [-0.15, -0.1) is 21.5 Å². The van der Waals surface area contributed by atoms with E-state index in [1.54, 1.807) is 22.2 Å². The summed E-state index contributed by atoms with van der Waals surface area (Å²) in [4.78, 5) is 15.1. The molecule has 3 aromatic heterocycles. The van der Waals surface area contributed by atoms with Crippen LogP contribution in [0.3, 0.4) is 0 Å². The fraction of sp³-hybridized carbons (Fsp3) is 0.0909. The number of aryl methyl sites for hydroxylation is 1. The van der Waals surface area contributed by atoms with Gasteiger partial charge < -0.3 is 9.84 Å². The second-order valence-corrected chi connectivity index (χ2v) is 4.64. The van der Waals surface area contributed by atoms with E-state index in [-0.39, 0.29) is 10.8 Å². The minimum Gasteiger partial charge on any atom is -0.477 e. The Morgan fingerprint density at radius 1 is 1.47 bits per heavy atom. The van der Waals surface area contributed by atoms with Crippen molar-refractivity contribution in [3.63, 3.8) is 0 Å². The zero-order chi connectivity index (χ0) is 13.4. The summed E-state index contributed by atoms with van der Waals surface area (Å²) in [7, 11) is 0. The molecule has 0 saturated heterocycles. The third-order valence-electron chi connectivity index (χ3n) is 2.47. The number of carbonyl (C=O) groups is 1. The molecule has 19 heavy (non-hydrogen) atoms. The standard InChI is InChI=1S/C11H8N4O3S/c1-6-13-14-9-10(12-2-3-15(6)9)18-7-4-8(11(16)17)19-5-7/h2-5H,1H3,(H,16,17). The maximum Gasteiger partial charge on any atom is 0.346 e. The average molecular weight is 276 g/mol. The zero-order valence-electron chi connectivity index (χ0n) is 9.77. The lowest BCUT2D eigenvalue weighted by molar-refractivity contribution is 0.0702. The zero-order valence-corrected chi connectivity index (χ0v) is 10.6. The lowest BCUT2D eigenvalue weighted by Crippen LogP contribution is -1.94. The van der Waals surface area contributed by atoms with Crippen LogP contribution in [0.4, 0.5) is 0 Å². The van der Waals surface area contributed by atoms with Crippen LogP contribution in [-0.2, 0) is 0 Å². The number of thiophene rings is 1. The summed E-state index contributed by atoms with van der Waals surface area (Å²) >= 11 is 1.09. The van der Waals surface area contributed by atoms with Crippen LogP contribution in [0, 0.1) is 6.92 Å². The fourth-order valence-electron chi connectivity index (χ4n) is 1.59. The van der Waals surface area contributed by atoms with Crippen molar-refractivity contribution >= 4 is 23.0 Å². The van der Waals surface area contributed by atoms with Gasteiger partial charge in [0.1, 0.15) is 16.5 Å². The van der Waals surface area contributed by atoms with E-state index >= 15 is 0 Å². The third-order valence-corrected chi connectivity index (χ3v) is 3.36. The van der Waals surface area contributed by atoms with E-state index < -0.39 is 5.97 Å². The first kappa shape index (κ1) is 11.6. The highest BCUT2D eigenvalue weighted by Crippen LogP contribution is 2.27. The van der Waals surface area contributed by atoms with Crippen LogP contribution in [0.5, 0.6) is 11.6 Å². The quantitative estimate of drug-likeness (QED) is 0.786. The summed E-state index contributed by atoms with van der Waals surface area (Å²) in [5, 5.41) is 18.4. The number of hydrogen-bond acceptors (Lipinski definition) is 6. The van der Waals surface area contributed by atoms with Crippen molar-refractivity contribution in [2.75, 3.05) is 0 Å². The lowest BCUT2D eigenvalue weighted by atomic mass is 10.4. The molecular weight excluding hydrogens is 268 g/mol. The van der Waals surface area contributed by atoms with Gasteiger partial charge in [-0.2, -0.15) is 0 Å². The first-order chi connectivity index (χ1) is 9.15. The Bertz CT molecular complexity index is 764. The van der Waals surface area contributed by atoms with E-state index in [9.17, 15) is 4.79 Å². The second kappa shape index (κ2) is 4.32. The molecule has 0 aromatic carbocycles. The SMILES string of the molecule is Cc1nnc2c(Oc3csc(C(=O)O)c3)nccn12. The fourth-order valence-corrected chi connectivity index (χ4v) is 2.23. The molecular formula is C11H8N4O3S. The number of ether oxygens (including phenoxy) is 1. The lowest BCUT2D eigenvalue weighted by Gasteiger charge is -2.02. The molecule has 3 rings (SSSR count). The molecule has 7 nitrogen and oxygen atoms in total. The third kappa shape index (κ3) is 2.02. The summed E-state index contributed by atoms with van der Waals surface area (Å²) in [6, 6.07) is 1.45. The molecule has 0 unspecified atom stereocenters. The molecule has 0 atom stereocenters. The Morgan fingerprint density at radius 2 is 2.32 bits per heavy atom. The van der Waals surface area contributed by atoms with Gasteiger partial charge in [-0.3, -0.25) is 4.40 Å². The van der Waals surface area contributed by atoms with Crippen LogP contribution < -0.4 is 4.74 Å². The molecule has 0 radical (unpaired) electrons. The Labute approximate surface area is 111 Å². The minimum atomic E-state index is -0.982. The van der Waals surface area contributed by atoms with E-state index in [0.717, 1.165) is 17.2 Å². The van der Waals surface area contributed by atoms with Crippen molar-refractivity contribution in [2.45, 2.75) is 6.92 Å². The number of aromatic nitrogens is 4. The van der Waals surface area contributed by atoms with Gasteiger partial charge in [0.05, 0.1) is 0 Å². The molecule has 3 aromatic rings. The van der Waals surface area contributed by atoms with Crippen molar-refractivity contribution in [1.82, 2.24) is 19.6 Å². The van der Waals surface area contributed by atoms with Gasteiger partial charge in [0.15, 0.2) is 0 Å². The van der Waals surface area contributed by atoms with E-state index in [2.05, 4.69) is 15.2 Å². The molecule has 0 fully saturated rings. The number of fused-ring (bicyclic) bond motifs is 1. The van der Waals surface area contributed by atoms with Gasteiger partial charge in [-0.1, -0.05) is 0 Å². The number of rotatable bonds is 3. The summed E-state index contributed by atoms with van der Waals surface area (Å²) in [5.41, 5.74) is 0.489. The van der Waals surface area contributed by atoms with Crippen molar-refractivity contribution in [2.24, 2.45) is 0 Å². The number of nitrogens with zero attached hydrogens (tertiary/aromatic N) is 4. The predicted octanol–water partition coefficient (Wildman–Crippen LogP) is 1.98. The highest BCUT2D eigenvalue weighted by molar-refractivity contribution is 7.12. The molecule has 0 amide bonds. The van der Waals surface area contributed by atoms with Crippen LogP contribution in [0.25, 0.3) is 5.65 Å². The maximum atomic E-state index is 10.8. The molecule has 0 aliphatic carbocycles. The van der Waals surface area contributed by atoms with E-state index in [4.69, 9.17) is 9.84 Å². The van der Waals surface area contributed by atoms with Crippen molar-refractivity contribution in [3.05, 3.63) is 34.5 Å². The largest absolute Gasteiger partial charge is 0.477 e. The van der Waals surface area contributed by atoms with Gasteiger partial charge in [0, 0.05) is 23.8 Å². The van der Waals surface area contributed by atoms with E-state index in [0.29, 0.717) is 11.4 Å². The van der Waals surface area contributed by atoms with Gasteiger partial charge >= 0.3 is 5.97 Å². The van der Waals surface area contributed by atoms with E-state index in [1.165, 1.54) is 6.07 Å². The van der Waals surface area contributed by atoms with Crippen molar-refractivity contribution < 1.29 is 14.6 Å². The first-order valence-electron chi connectivity index (χ1n) is 5.31. The summed E-state index contributed by atoms with van der Waals surface area (Å²) < 4.78 is 7.29. The van der Waals surface area contributed by atoms with Crippen LogP contribution in [-0.4, -0.2) is 30.7 Å². The Balaban J connectivity index is 1.98. The van der Waals surface area contributed by atoms with Crippen LogP contribution in [0.1, 0.15) is 15.5 Å². The molecule has 96 valence electrons. The predicted molar refractivity (Wildman–Crippen MR) is 66.9 cm³/mol. The normalized spacial score (nSPS) is 10.8. The number of carboxylic acids is 1. The highest BCUT2D eigenvalue weighted by Gasteiger charge is 2.12. The molecule has 0 bridgehead atoms. The summed E-state index contributed by atoms with van der Waals surface area (Å²) in [5.74, 6) is 0.449.